The minimum absolute atomic E-state index is 0.0761. The largest absolute Gasteiger partial charge is 0.477 e. The first-order valence-electron chi connectivity index (χ1n) is 6.63. The molecule has 0 aliphatic carbocycles. The molecule has 0 radical (unpaired) electrons. The Labute approximate surface area is 126 Å². The fourth-order valence-electron chi connectivity index (χ4n) is 2.18. The van der Waals surface area contributed by atoms with E-state index >= 15 is 0 Å². The zero-order valence-corrected chi connectivity index (χ0v) is 12.1. The van der Waals surface area contributed by atoms with Gasteiger partial charge in [0, 0.05) is 16.6 Å². The van der Waals surface area contributed by atoms with Crippen molar-refractivity contribution in [2.24, 2.45) is 0 Å². The number of carboxylic acids is 1. The Morgan fingerprint density at radius 2 is 2.05 bits per heavy atom. The maximum absolute atomic E-state index is 11.1. The number of carboxylic acid groups (broad SMARTS) is 1. The normalized spacial score (nSPS) is 10.7. The Kier molecular flexibility index (Phi) is 3.83. The topological polar surface area (TPSA) is 62.2 Å². The molecule has 4 nitrogen and oxygen atoms in total. The van der Waals surface area contributed by atoms with Crippen molar-refractivity contribution in [3.05, 3.63) is 59.1 Å². The summed E-state index contributed by atoms with van der Waals surface area (Å²) in [6, 6.07) is 13.7. The molecule has 0 bridgehead atoms. The smallest absolute Gasteiger partial charge is 0.354 e. The van der Waals surface area contributed by atoms with E-state index in [-0.39, 0.29) is 5.69 Å². The van der Waals surface area contributed by atoms with E-state index in [2.05, 4.69) is 22.4 Å². The van der Waals surface area contributed by atoms with Crippen LogP contribution in [0.15, 0.2) is 47.8 Å². The van der Waals surface area contributed by atoms with Crippen LogP contribution in [-0.2, 0) is 6.42 Å². The van der Waals surface area contributed by atoms with Crippen LogP contribution in [0.5, 0.6) is 0 Å². The lowest BCUT2D eigenvalue weighted by Crippen LogP contribution is -2.09. The van der Waals surface area contributed by atoms with Gasteiger partial charge in [-0.05, 0) is 29.5 Å². The van der Waals surface area contributed by atoms with Gasteiger partial charge in [-0.25, -0.2) is 9.78 Å². The molecule has 1 aromatic carbocycles. The van der Waals surface area contributed by atoms with Crippen molar-refractivity contribution < 1.29 is 9.90 Å². The molecule has 0 saturated carbocycles. The molecule has 2 N–H and O–H groups in total. The molecule has 5 heteroatoms. The molecule has 0 saturated heterocycles. The average Bonchev–Trinajstić information content (AvgIpc) is 2.96. The lowest BCUT2D eigenvalue weighted by molar-refractivity contribution is 0.0691. The molecule has 106 valence electrons. The van der Waals surface area contributed by atoms with Crippen molar-refractivity contribution in [1.29, 1.82) is 0 Å². The Bertz CT molecular complexity index is 768. The number of hydrogen-bond donors (Lipinski definition) is 2. The molecule has 0 unspecified atom stereocenters. The molecule has 21 heavy (non-hydrogen) atoms. The quantitative estimate of drug-likeness (QED) is 0.754. The van der Waals surface area contributed by atoms with Crippen LogP contribution in [0.1, 0.15) is 16.1 Å². The van der Waals surface area contributed by atoms with E-state index in [0.29, 0.717) is 12.4 Å². The van der Waals surface area contributed by atoms with Gasteiger partial charge in [0.05, 0.1) is 0 Å². The summed E-state index contributed by atoms with van der Waals surface area (Å²) in [6.45, 7) is 0.713. The van der Waals surface area contributed by atoms with Gasteiger partial charge >= 0.3 is 5.97 Å². The van der Waals surface area contributed by atoms with Gasteiger partial charge in [-0.1, -0.05) is 30.3 Å². The van der Waals surface area contributed by atoms with Gasteiger partial charge in [-0.2, -0.15) is 0 Å². The third kappa shape index (κ3) is 3.03. The molecule has 3 aromatic rings. The molecular weight excluding hydrogens is 284 g/mol. The zero-order chi connectivity index (χ0) is 14.7. The average molecular weight is 298 g/mol. The Morgan fingerprint density at radius 3 is 2.81 bits per heavy atom. The van der Waals surface area contributed by atoms with Gasteiger partial charge in [0.25, 0.3) is 0 Å². The van der Waals surface area contributed by atoms with Crippen molar-refractivity contribution in [2.75, 3.05) is 11.9 Å². The van der Waals surface area contributed by atoms with E-state index < -0.39 is 5.97 Å². The van der Waals surface area contributed by atoms with Crippen molar-refractivity contribution in [3.63, 3.8) is 0 Å². The second kappa shape index (κ2) is 5.93. The summed E-state index contributed by atoms with van der Waals surface area (Å²) in [6.07, 6.45) is 0.867. The highest BCUT2D eigenvalue weighted by Crippen LogP contribution is 2.27. The fourth-order valence-corrected chi connectivity index (χ4v) is 3.00. The molecule has 0 fully saturated rings. The van der Waals surface area contributed by atoms with Crippen LogP contribution in [0.25, 0.3) is 10.1 Å². The lowest BCUT2D eigenvalue weighted by Gasteiger charge is -2.08. The van der Waals surface area contributed by atoms with Crippen LogP contribution in [-0.4, -0.2) is 22.6 Å². The molecule has 3 rings (SSSR count). The summed E-state index contributed by atoms with van der Waals surface area (Å²) >= 11 is 1.52. The number of benzene rings is 1. The summed E-state index contributed by atoms with van der Waals surface area (Å²) in [7, 11) is 0. The van der Waals surface area contributed by atoms with Crippen LogP contribution in [0.2, 0.25) is 0 Å². The van der Waals surface area contributed by atoms with Crippen molar-refractivity contribution >= 4 is 33.2 Å². The number of anilines is 1. The summed E-state index contributed by atoms with van der Waals surface area (Å²) in [5.41, 5.74) is 1.31. The third-order valence-corrected chi connectivity index (χ3v) is 4.08. The zero-order valence-electron chi connectivity index (χ0n) is 11.2. The van der Waals surface area contributed by atoms with Crippen molar-refractivity contribution in [2.45, 2.75) is 6.42 Å². The van der Waals surface area contributed by atoms with E-state index in [0.717, 1.165) is 16.5 Å². The SMILES string of the molecule is O=C(O)c1cc2sccc2c(NCCc2ccccc2)n1. The predicted molar refractivity (Wildman–Crippen MR) is 85.2 cm³/mol. The number of fused-ring (bicyclic) bond motifs is 1. The summed E-state index contributed by atoms with van der Waals surface area (Å²) in [5, 5.41) is 15.3. The Hall–Kier alpha value is -2.40. The monoisotopic (exact) mass is 298 g/mol. The van der Waals surface area contributed by atoms with E-state index in [4.69, 9.17) is 5.11 Å². The molecule has 0 spiro atoms. The maximum Gasteiger partial charge on any atom is 0.354 e. The van der Waals surface area contributed by atoms with E-state index in [1.807, 2.05) is 29.6 Å². The van der Waals surface area contributed by atoms with Gasteiger partial charge in [-0.15, -0.1) is 11.3 Å². The minimum Gasteiger partial charge on any atom is -0.477 e. The van der Waals surface area contributed by atoms with Gasteiger partial charge in [0.1, 0.15) is 5.82 Å². The Morgan fingerprint density at radius 1 is 1.24 bits per heavy atom. The standard InChI is InChI=1S/C16H14N2O2S/c19-16(20)13-10-14-12(7-9-21-14)15(18-13)17-8-6-11-4-2-1-3-5-11/h1-5,7,9-10H,6,8H2,(H,17,18)(H,19,20). The first kappa shape index (κ1) is 13.6. The predicted octanol–water partition coefficient (Wildman–Crippen LogP) is 3.65. The van der Waals surface area contributed by atoms with Crippen LogP contribution < -0.4 is 5.32 Å². The molecule has 0 aliphatic heterocycles. The van der Waals surface area contributed by atoms with Crippen molar-refractivity contribution in [3.8, 4) is 0 Å². The van der Waals surface area contributed by atoms with Crippen LogP contribution in [0.4, 0.5) is 5.82 Å². The van der Waals surface area contributed by atoms with Gasteiger partial charge in [-0.3, -0.25) is 0 Å². The molecular formula is C16H14N2O2S. The number of pyridine rings is 1. The first-order valence-corrected chi connectivity index (χ1v) is 7.51. The number of hydrogen-bond acceptors (Lipinski definition) is 4. The van der Waals surface area contributed by atoms with Gasteiger partial charge in [0.2, 0.25) is 0 Å². The fraction of sp³-hybridized carbons (Fsp3) is 0.125. The second-order valence-corrected chi connectivity index (χ2v) is 5.60. The highest BCUT2D eigenvalue weighted by atomic mass is 32.1. The number of nitrogens with zero attached hydrogens (tertiary/aromatic N) is 1. The molecule has 2 aromatic heterocycles. The van der Waals surface area contributed by atoms with E-state index in [1.54, 1.807) is 6.07 Å². The van der Waals surface area contributed by atoms with Crippen LogP contribution >= 0.6 is 11.3 Å². The number of aromatic carboxylic acids is 1. The highest BCUT2D eigenvalue weighted by molar-refractivity contribution is 7.17. The molecule has 0 amide bonds. The maximum atomic E-state index is 11.1. The van der Waals surface area contributed by atoms with Crippen LogP contribution in [0, 0.1) is 0 Å². The first-order chi connectivity index (χ1) is 10.2. The second-order valence-electron chi connectivity index (χ2n) is 4.66. The molecule has 2 heterocycles. The van der Waals surface area contributed by atoms with Gasteiger partial charge < -0.3 is 10.4 Å². The minimum atomic E-state index is -1.00. The lowest BCUT2D eigenvalue weighted by atomic mass is 10.1. The van der Waals surface area contributed by atoms with E-state index in [1.165, 1.54) is 16.9 Å². The van der Waals surface area contributed by atoms with Gasteiger partial charge in [0.15, 0.2) is 5.69 Å². The summed E-state index contributed by atoms with van der Waals surface area (Å²) < 4.78 is 0.935. The molecule has 0 atom stereocenters. The number of aromatic nitrogens is 1. The van der Waals surface area contributed by atoms with Crippen molar-refractivity contribution in [1.82, 2.24) is 4.98 Å². The molecule has 0 aliphatic rings. The summed E-state index contributed by atoms with van der Waals surface area (Å²) in [4.78, 5) is 15.3. The number of nitrogens with one attached hydrogen (secondary N) is 1. The number of thiophene rings is 1. The number of carbonyl (C=O) groups is 1. The third-order valence-electron chi connectivity index (χ3n) is 3.22. The number of rotatable bonds is 5. The van der Waals surface area contributed by atoms with E-state index in [9.17, 15) is 4.79 Å². The Balaban J connectivity index is 1.79. The van der Waals surface area contributed by atoms with Crippen LogP contribution in [0.3, 0.4) is 0 Å². The highest BCUT2D eigenvalue weighted by Gasteiger charge is 2.11. The summed E-state index contributed by atoms with van der Waals surface area (Å²) in [5.74, 6) is -0.363.